The summed E-state index contributed by atoms with van der Waals surface area (Å²) >= 11 is 1.51. The standard InChI is InChI=1S/C22H19FN2O2S/c1-13-9-10-14(12-17(13)23)24-21(26)19-15-6-3-4-7-16(15)22(27)25(2)20(19)18-8-5-11-28-18/h3-12,19-20H,1-2H3,(H,24,26)/t19-,20+/m0/s1. The molecule has 0 saturated heterocycles. The summed E-state index contributed by atoms with van der Waals surface area (Å²) < 4.78 is 13.9. The second-order valence-corrected chi connectivity index (χ2v) is 7.87. The predicted octanol–water partition coefficient (Wildman–Crippen LogP) is 4.74. The van der Waals surface area contributed by atoms with Crippen LogP contribution in [-0.4, -0.2) is 23.8 Å². The van der Waals surface area contributed by atoms with E-state index in [0.717, 1.165) is 4.88 Å². The van der Waals surface area contributed by atoms with Gasteiger partial charge in [0.15, 0.2) is 0 Å². The molecule has 3 aromatic rings. The van der Waals surface area contributed by atoms with Crippen LogP contribution >= 0.6 is 11.3 Å². The average molecular weight is 394 g/mol. The van der Waals surface area contributed by atoms with Gasteiger partial charge in [-0.3, -0.25) is 9.59 Å². The molecule has 0 radical (unpaired) electrons. The van der Waals surface area contributed by atoms with Gasteiger partial charge in [-0.15, -0.1) is 11.3 Å². The number of carbonyl (C=O) groups is 2. The fraction of sp³-hybridized carbons (Fsp3) is 0.182. The Morgan fingerprint density at radius 3 is 2.64 bits per heavy atom. The number of aryl methyl sites for hydroxylation is 1. The van der Waals surface area contributed by atoms with Crippen molar-refractivity contribution in [2.24, 2.45) is 0 Å². The summed E-state index contributed by atoms with van der Waals surface area (Å²) in [5.41, 5.74) is 2.12. The Labute approximate surface area is 166 Å². The van der Waals surface area contributed by atoms with Gasteiger partial charge in [0, 0.05) is 23.2 Å². The third-order valence-corrected chi connectivity index (χ3v) is 6.08. The monoisotopic (exact) mass is 394 g/mol. The molecular weight excluding hydrogens is 375 g/mol. The van der Waals surface area contributed by atoms with E-state index in [1.54, 1.807) is 43.1 Å². The first-order chi connectivity index (χ1) is 13.5. The number of hydrogen-bond acceptors (Lipinski definition) is 3. The first-order valence-electron chi connectivity index (χ1n) is 8.94. The Morgan fingerprint density at radius 2 is 1.93 bits per heavy atom. The van der Waals surface area contributed by atoms with E-state index in [0.29, 0.717) is 22.4 Å². The van der Waals surface area contributed by atoms with Crippen molar-refractivity contribution in [3.8, 4) is 0 Å². The Hall–Kier alpha value is -2.99. The number of amides is 2. The maximum Gasteiger partial charge on any atom is 0.254 e. The van der Waals surface area contributed by atoms with E-state index >= 15 is 0 Å². The second kappa shape index (κ2) is 7.20. The number of carbonyl (C=O) groups excluding carboxylic acids is 2. The Kier molecular flexibility index (Phi) is 4.73. The number of fused-ring (bicyclic) bond motifs is 1. The molecule has 2 aromatic carbocycles. The van der Waals surface area contributed by atoms with E-state index in [2.05, 4.69) is 5.32 Å². The number of nitrogens with one attached hydrogen (secondary N) is 1. The lowest BCUT2D eigenvalue weighted by atomic mass is 9.81. The van der Waals surface area contributed by atoms with Gasteiger partial charge in [0.2, 0.25) is 5.91 Å². The number of rotatable bonds is 3. The number of nitrogens with zero attached hydrogens (tertiary/aromatic N) is 1. The molecule has 0 saturated carbocycles. The molecule has 142 valence electrons. The van der Waals surface area contributed by atoms with E-state index in [9.17, 15) is 14.0 Å². The minimum atomic E-state index is -0.595. The van der Waals surface area contributed by atoms with Crippen LogP contribution in [-0.2, 0) is 4.79 Å². The van der Waals surface area contributed by atoms with Gasteiger partial charge >= 0.3 is 0 Å². The average Bonchev–Trinajstić information content (AvgIpc) is 3.21. The fourth-order valence-electron chi connectivity index (χ4n) is 3.66. The lowest BCUT2D eigenvalue weighted by Gasteiger charge is -2.39. The quantitative estimate of drug-likeness (QED) is 0.697. The molecule has 0 unspecified atom stereocenters. The molecule has 1 aliphatic rings. The highest BCUT2D eigenvalue weighted by atomic mass is 32.1. The Morgan fingerprint density at radius 1 is 1.14 bits per heavy atom. The number of halogens is 1. The first kappa shape index (κ1) is 18.4. The van der Waals surface area contributed by atoms with Crippen molar-refractivity contribution in [2.75, 3.05) is 12.4 Å². The number of benzene rings is 2. The molecule has 2 heterocycles. The lowest BCUT2D eigenvalue weighted by molar-refractivity contribution is -0.119. The van der Waals surface area contributed by atoms with Crippen LogP contribution in [0.3, 0.4) is 0 Å². The highest BCUT2D eigenvalue weighted by Gasteiger charge is 2.43. The molecule has 28 heavy (non-hydrogen) atoms. The maximum atomic E-state index is 13.9. The summed E-state index contributed by atoms with van der Waals surface area (Å²) in [6.07, 6.45) is 0. The van der Waals surface area contributed by atoms with Gasteiger partial charge < -0.3 is 10.2 Å². The summed E-state index contributed by atoms with van der Waals surface area (Å²) in [5.74, 6) is -1.35. The SMILES string of the molecule is Cc1ccc(NC(=O)[C@H]2c3ccccc3C(=O)N(C)[C@@H]2c2cccs2)cc1F. The summed E-state index contributed by atoms with van der Waals surface area (Å²) in [5, 5.41) is 4.76. The van der Waals surface area contributed by atoms with Crippen molar-refractivity contribution < 1.29 is 14.0 Å². The summed E-state index contributed by atoms with van der Waals surface area (Å²) in [6.45, 7) is 1.67. The van der Waals surface area contributed by atoms with Gasteiger partial charge in [-0.1, -0.05) is 30.3 Å². The summed E-state index contributed by atoms with van der Waals surface area (Å²) in [6, 6.07) is 15.2. The minimum absolute atomic E-state index is 0.112. The van der Waals surface area contributed by atoms with Crippen LogP contribution in [0.4, 0.5) is 10.1 Å². The van der Waals surface area contributed by atoms with Crippen LogP contribution in [0.1, 0.15) is 38.3 Å². The molecule has 2 atom stereocenters. The Bertz CT molecular complexity index is 1050. The summed E-state index contributed by atoms with van der Waals surface area (Å²) in [7, 11) is 1.72. The molecule has 1 aliphatic heterocycles. The third kappa shape index (κ3) is 3.10. The molecular formula is C22H19FN2O2S. The topological polar surface area (TPSA) is 49.4 Å². The van der Waals surface area contributed by atoms with Crippen LogP contribution in [0.25, 0.3) is 0 Å². The van der Waals surface area contributed by atoms with E-state index in [1.165, 1.54) is 17.4 Å². The fourth-order valence-corrected chi connectivity index (χ4v) is 4.57. The molecule has 4 rings (SSSR count). The van der Waals surface area contributed by atoms with Gasteiger partial charge in [0.05, 0.1) is 12.0 Å². The molecule has 6 heteroatoms. The number of anilines is 1. The van der Waals surface area contributed by atoms with Crippen molar-refractivity contribution in [1.29, 1.82) is 0 Å². The molecule has 1 N–H and O–H groups in total. The van der Waals surface area contributed by atoms with Gasteiger partial charge in [-0.2, -0.15) is 0 Å². The van der Waals surface area contributed by atoms with Crippen LogP contribution in [0.2, 0.25) is 0 Å². The van der Waals surface area contributed by atoms with Crippen molar-refractivity contribution in [2.45, 2.75) is 18.9 Å². The van der Waals surface area contributed by atoms with Crippen molar-refractivity contribution in [3.05, 3.63) is 87.4 Å². The largest absolute Gasteiger partial charge is 0.333 e. The predicted molar refractivity (Wildman–Crippen MR) is 108 cm³/mol. The normalized spacial score (nSPS) is 18.7. The van der Waals surface area contributed by atoms with Crippen molar-refractivity contribution >= 4 is 28.8 Å². The van der Waals surface area contributed by atoms with E-state index < -0.39 is 12.0 Å². The molecule has 4 nitrogen and oxygen atoms in total. The zero-order valence-electron chi connectivity index (χ0n) is 15.5. The zero-order chi connectivity index (χ0) is 19.8. The first-order valence-corrected chi connectivity index (χ1v) is 9.82. The third-order valence-electron chi connectivity index (χ3n) is 5.14. The molecule has 0 spiro atoms. The molecule has 2 amide bonds. The van der Waals surface area contributed by atoms with E-state index in [-0.39, 0.29) is 17.6 Å². The smallest absolute Gasteiger partial charge is 0.254 e. The highest BCUT2D eigenvalue weighted by Crippen LogP contribution is 2.43. The van der Waals surface area contributed by atoms with Crippen molar-refractivity contribution in [1.82, 2.24) is 4.90 Å². The van der Waals surface area contributed by atoms with Crippen LogP contribution in [0.5, 0.6) is 0 Å². The second-order valence-electron chi connectivity index (χ2n) is 6.89. The number of thiophene rings is 1. The van der Waals surface area contributed by atoms with E-state index in [4.69, 9.17) is 0 Å². The van der Waals surface area contributed by atoms with Crippen LogP contribution in [0, 0.1) is 12.7 Å². The van der Waals surface area contributed by atoms with Crippen LogP contribution in [0.15, 0.2) is 60.0 Å². The molecule has 0 bridgehead atoms. The van der Waals surface area contributed by atoms with Gasteiger partial charge in [-0.25, -0.2) is 4.39 Å². The molecule has 1 aromatic heterocycles. The van der Waals surface area contributed by atoms with Gasteiger partial charge in [-0.05, 0) is 47.7 Å². The lowest BCUT2D eigenvalue weighted by Crippen LogP contribution is -2.43. The summed E-state index contributed by atoms with van der Waals surface area (Å²) in [4.78, 5) is 28.7. The van der Waals surface area contributed by atoms with Crippen LogP contribution < -0.4 is 5.32 Å². The van der Waals surface area contributed by atoms with Crippen molar-refractivity contribution in [3.63, 3.8) is 0 Å². The number of likely N-dealkylation sites (N-methyl/N-ethyl adjacent to an activating group) is 1. The van der Waals surface area contributed by atoms with Gasteiger partial charge in [0.1, 0.15) is 5.82 Å². The van der Waals surface area contributed by atoms with Gasteiger partial charge in [0.25, 0.3) is 5.91 Å². The molecule has 0 fully saturated rings. The Balaban J connectivity index is 1.78. The highest BCUT2D eigenvalue weighted by molar-refractivity contribution is 7.10. The maximum absolute atomic E-state index is 13.9. The van der Waals surface area contributed by atoms with E-state index in [1.807, 2.05) is 29.6 Å². The zero-order valence-corrected chi connectivity index (χ0v) is 16.3. The minimum Gasteiger partial charge on any atom is -0.333 e. The molecule has 0 aliphatic carbocycles. The number of hydrogen-bond donors (Lipinski definition) is 1.